The van der Waals surface area contributed by atoms with Gasteiger partial charge in [-0.1, -0.05) is 56.3 Å². The molecule has 0 aliphatic rings. The quantitative estimate of drug-likeness (QED) is 0.250. The standard InChI is InChI=1S/C23H33N3O6/c1-4-32-20(28)13-12-18(23(30)31)25-22(29)21(16(2)3)26-19(27)15-24-14-8-11-17-9-6-5-7-10-17/h5-11,16,18,21,24H,4,12-15H2,1-3H3,(H,25,29)(H,26,27)(H,30,31). The Bertz CT molecular complexity index is 779. The van der Waals surface area contributed by atoms with Crippen LogP contribution in [0.5, 0.6) is 0 Å². The van der Waals surface area contributed by atoms with E-state index in [1.54, 1.807) is 20.8 Å². The first kappa shape index (κ1) is 26.8. The summed E-state index contributed by atoms with van der Waals surface area (Å²) in [5.74, 6) is -3.06. The third-order valence-electron chi connectivity index (χ3n) is 4.48. The van der Waals surface area contributed by atoms with Crippen LogP contribution in [0.2, 0.25) is 0 Å². The lowest BCUT2D eigenvalue weighted by molar-refractivity contribution is -0.145. The largest absolute Gasteiger partial charge is 0.480 e. The smallest absolute Gasteiger partial charge is 0.326 e. The number of carboxylic acids is 1. The first-order valence-corrected chi connectivity index (χ1v) is 10.6. The zero-order valence-corrected chi connectivity index (χ0v) is 18.8. The van der Waals surface area contributed by atoms with Crippen molar-refractivity contribution in [3.63, 3.8) is 0 Å². The molecule has 0 radical (unpaired) electrons. The van der Waals surface area contributed by atoms with Gasteiger partial charge in [0.05, 0.1) is 13.2 Å². The average molecular weight is 448 g/mol. The highest BCUT2D eigenvalue weighted by molar-refractivity contribution is 5.91. The molecule has 2 atom stereocenters. The van der Waals surface area contributed by atoms with Crippen LogP contribution < -0.4 is 16.0 Å². The first-order valence-electron chi connectivity index (χ1n) is 10.6. The second-order valence-electron chi connectivity index (χ2n) is 7.48. The van der Waals surface area contributed by atoms with Crippen LogP contribution in [0.4, 0.5) is 0 Å². The number of rotatable bonds is 14. The minimum Gasteiger partial charge on any atom is -0.480 e. The molecule has 0 aliphatic carbocycles. The maximum atomic E-state index is 12.6. The molecule has 9 heteroatoms. The molecule has 4 N–H and O–H groups in total. The number of esters is 1. The SMILES string of the molecule is CCOC(=O)CCC(NC(=O)C(NC(=O)CNCC=Cc1ccccc1)C(C)C)C(=O)O. The Kier molecular flexibility index (Phi) is 12.4. The van der Waals surface area contributed by atoms with Gasteiger partial charge in [-0.05, 0) is 24.8 Å². The average Bonchev–Trinajstić information content (AvgIpc) is 2.75. The van der Waals surface area contributed by atoms with E-state index in [-0.39, 0.29) is 37.8 Å². The first-order chi connectivity index (χ1) is 15.2. The Morgan fingerprint density at radius 2 is 1.78 bits per heavy atom. The van der Waals surface area contributed by atoms with Crippen molar-refractivity contribution < 1.29 is 29.0 Å². The van der Waals surface area contributed by atoms with Gasteiger partial charge in [0.1, 0.15) is 12.1 Å². The molecule has 0 spiro atoms. The number of carbonyl (C=O) groups is 4. The Hall–Kier alpha value is -3.20. The van der Waals surface area contributed by atoms with Crippen molar-refractivity contribution in [1.29, 1.82) is 0 Å². The zero-order chi connectivity index (χ0) is 23.9. The zero-order valence-electron chi connectivity index (χ0n) is 18.8. The fourth-order valence-electron chi connectivity index (χ4n) is 2.80. The van der Waals surface area contributed by atoms with Crippen molar-refractivity contribution in [2.75, 3.05) is 19.7 Å². The summed E-state index contributed by atoms with van der Waals surface area (Å²) in [5.41, 5.74) is 1.05. The van der Waals surface area contributed by atoms with Crippen LogP contribution in [-0.4, -0.2) is 60.6 Å². The van der Waals surface area contributed by atoms with Crippen molar-refractivity contribution >= 4 is 29.8 Å². The van der Waals surface area contributed by atoms with Crippen molar-refractivity contribution in [1.82, 2.24) is 16.0 Å². The molecule has 9 nitrogen and oxygen atoms in total. The number of carboxylic acid groups (broad SMARTS) is 1. The maximum absolute atomic E-state index is 12.6. The summed E-state index contributed by atoms with van der Waals surface area (Å²) in [6.45, 7) is 5.81. The molecule has 0 aromatic heterocycles. The number of amides is 2. The van der Waals surface area contributed by atoms with E-state index >= 15 is 0 Å². The Balaban J connectivity index is 2.52. The summed E-state index contributed by atoms with van der Waals surface area (Å²) in [7, 11) is 0. The number of carbonyl (C=O) groups excluding carboxylic acids is 3. The van der Waals surface area contributed by atoms with E-state index in [0.29, 0.717) is 6.54 Å². The highest BCUT2D eigenvalue weighted by atomic mass is 16.5. The number of aliphatic carboxylic acids is 1. The summed E-state index contributed by atoms with van der Waals surface area (Å²) < 4.78 is 4.78. The van der Waals surface area contributed by atoms with Gasteiger partial charge < -0.3 is 25.8 Å². The van der Waals surface area contributed by atoms with E-state index in [4.69, 9.17) is 4.74 Å². The molecular weight excluding hydrogens is 414 g/mol. The third kappa shape index (κ3) is 10.7. The molecule has 0 aliphatic heterocycles. The minimum absolute atomic E-state index is 0.000840. The molecule has 1 rings (SSSR count). The van der Waals surface area contributed by atoms with Crippen LogP contribution in [0, 0.1) is 5.92 Å². The second-order valence-corrected chi connectivity index (χ2v) is 7.48. The fourth-order valence-corrected chi connectivity index (χ4v) is 2.80. The van der Waals surface area contributed by atoms with Gasteiger partial charge in [0.15, 0.2) is 0 Å². The van der Waals surface area contributed by atoms with Crippen molar-refractivity contribution in [3.05, 3.63) is 42.0 Å². The maximum Gasteiger partial charge on any atom is 0.326 e. The Labute approximate surface area is 188 Å². The van der Waals surface area contributed by atoms with E-state index in [2.05, 4.69) is 16.0 Å². The van der Waals surface area contributed by atoms with E-state index in [9.17, 15) is 24.3 Å². The van der Waals surface area contributed by atoms with Gasteiger partial charge in [0.25, 0.3) is 0 Å². The molecule has 176 valence electrons. The van der Waals surface area contributed by atoms with Crippen LogP contribution >= 0.6 is 0 Å². The molecule has 0 bridgehead atoms. The number of hydrogen-bond acceptors (Lipinski definition) is 6. The number of nitrogens with one attached hydrogen (secondary N) is 3. The molecule has 0 saturated carbocycles. The molecule has 2 amide bonds. The summed E-state index contributed by atoms with van der Waals surface area (Å²) in [6.07, 6.45) is 3.58. The predicted octanol–water partition coefficient (Wildman–Crippen LogP) is 1.34. The van der Waals surface area contributed by atoms with Crippen molar-refractivity contribution in [2.24, 2.45) is 5.92 Å². The summed E-state index contributed by atoms with van der Waals surface area (Å²) in [6, 6.07) is 7.56. The highest BCUT2D eigenvalue weighted by Gasteiger charge is 2.28. The van der Waals surface area contributed by atoms with Gasteiger partial charge in [-0.15, -0.1) is 0 Å². The number of ether oxygens (including phenoxy) is 1. The Morgan fingerprint density at radius 1 is 1.09 bits per heavy atom. The van der Waals surface area contributed by atoms with Gasteiger partial charge in [0.2, 0.25) is 11.8 Å². The van der Waals surface area contributed by atoms with Crippen LogP contribution in [0.3, 0.4) is 0 Å². The molecular formula is C23H33N3O6. The lowest BCUT2D eigenvalue weighted by Gasteiger charge is -2.24. The van der Waals surface area contributed by atoms with Crippen molar-refractivity contribution in [2.45, 2.75) is 45.7 Å². The molecule has 0 fully saturated rings. The van der Waals surface area contributed by atoms with E-state index in [1.807, 2.05) is 42.5 Å². The molecule has 0 heterocycles. The lowest BCUT2D eigenvalue weighted by Crippen LogP contribution is -2.54. The van der Waals surface area contributed by atoms with E-state index in [1.165, 1.54) is 0 Å². The van der Waals surface area contributed by atoms with Crippen LogP contribution in [-0.2, 0) is 23.9 Å². The number of benzene rings is 1. The van der Waals surface area contributed by atoms with E-state index < -0.39 is 29.9 Å². The van der Waals surface area contributed by atoms with Gasteiger partial charge in [-0.25, -0.2) is 4.79 Å². The minimum atomic E-state index is -1.26. The summed E-state index contributed by atoms with van der Waals surface area (Å²) in [4.78, 5) is 47.8. The topological polar surface area (TPSA) is 134 Å². The fraction of sp³-hybridized carbons (Fsp3) is 0.478. The van der Waals surface area contributed by atoms with Gasteiger partial charge in [-0.2, -0.15) is 0 Å². The number of hydrogen-bond donors (Lipinski definition) is 4. The normalized spacial score (nSPS) is 12.9. The van der Waals surface area contributed by atoms with Gasteiger partial charge >= 0.3 is 11.9 Å². The highest BCUT2D eigenvalue weighted by Crippen LogP contribution is 2.06. The molecule has 2 unspecified atom stereocenters. The van der Waals surface area contributed by atoms with Crippen LogP contribution in [0.25, 0.3) is 6.08 Å². The van der Waals surface area contributed by atoms with Crippen LogP contribution in [0.1, 0.15) is 39.2 Å². The molecule has 32 heavy (non-hydrogen) atoms. The van der Waals surface area contributed by atoms with Gasteiger partial charge in [0, 0.05) is 13.0 Å². The molecule has 1 aromatic carbocycles. The summed E-state index contributed by atoms with van der Waals surface area (Å²) >= 11 is 0. The predicted molar refractivity (Wildman–Crippen MR) is 121 cm³/mol. The Morgan fingerprint density at radius 3 is 2.38 bits per heavy atom. The van der Waals surface area contributed by atoms with Crippen molar-refractivity contribution in [3.8, 4) is 0 Å². The molecule has 0 saturated heterocycles. The van der Waals surface area contributed by atoms with E-state index in [0.717, 1.165) is 5.56 Å². The monoisotopic (exact) mass is 447 g/mol. The lowest BCUT2D eigenvalue weighted by atomic mass is 10.0. The second kappa shape index (κ2) is 14.7. The molecule has 1 aromatic rings. The third-order valence-corrected chi connectivity index (χ3v) is 4.48. The van der Waals surface area contributed by atoms with Crippen LogP contribution in [0.15, 0.2) is 36.4 Å². The summed E-state index contributed by atoms with van der Waals surface area (Å²) in [5, 5.41) is 17.3. The van der Waals surface area contributed by atoms with Gasteiger partial charge in [-0.3, -0.25) is 14.4 Å².